The number of likely N-dealkylation sites (tertiary alicyclic amines) is 1. The standard InChI is InChI=1S/C11H19NO4/c1-8-6-12(7-9(8)11(14)15)10(13)4-3-5-16-2/h8-9H,3-7H2,1-2H3,(H,14,15)/t8-,9-/m1/s1. The molecule has 0 bridgehead atoms. The van der Waals surface area contributed by atoms with Gasteiger partial charge in [0.25, 0.3) is 0 Å². The monoisotopic (exact) mass is 229 g/mol. The number of methoxy groups -OCH3 is 1. The van der Waals surface area contributed by atoms with Crippen molar-refractivity contribution >= 4 is 11.9 Å². The van der Waals surface area contributed by atoms with E-state index in [9.17, 15) is 9.59 Å². The van der Waals surface area contributed by atoms with Crippen molar-refractivity contribution in [2.24, 2.45) is 11.8 Å². The molecule has 5 heteroatoms. The van der Waals surface area contributed by atoms with Crippen LogP contribution in [0, 0.1) is 11.8 Å². The van der Waals surface area contributed by atoms with E-state index in [0.717, 1.165) is 0 Å². The zero-order valence-corrected chi connectivity index (χ0v) is 9.81. The first-order valence-electron chi connectivity index (χ1n) is 5.55. The minimum atomic E-state index is -0.806. The number of ether oxygens (including phenoxy) is 1. The second kappa shape index (κ2) is 5.84. The highest BCUT2D eigenvalue weighted by Crippen LogP contribution is 2.23. The van der Waals surface area contributed by atoms with E-state index in [-0.39, 0.29) is 11.8 Å². The Bertz CT molecular complexity index is 267. The second-order valence-corrected chi connectivity index (χ2v) is 4.32. The van der Waals surface area contributed by atoms with E-state index < -0.39 is 11.9 Å². The molecule has 0 aromatic heterocycles. The van der Waals surface area contributed by atoms with Gasteiger partial charge in [0.1, 0.15) is 0 Å². The molecule has 1 aliphatic rings. The van der Waals surface area contributed by atoms with Crippen LogP contribution in [0.2, 0.25) is 0 Å². The van der Waals surface area contributed by atoms with Crippen LogP contribution < -0.4 is 0 Å². The summed E-state index contributed by atoms with van der Waals surface area (Å²) in [5, 5.41) is 8.94. The van der Waals surface area contributed by atoms with E-state index in [0.29, 0.717) is 32.5 Å². The molecule has 1 N–H and O–H groups in total. The van der Waals surface area contributed by atoms with E-state index >= 15 is 0 Å². The summed E-state index contributed by atoms with van der Waals surface area (Å²) in [7, 11) is 1.60. The quantitative estimate of drug-likeness (QED) is 0.701. The average Bonchev–Trinajstić information content (AvgIpc) is 2.60. The van der Waals surface area contributed by atoms with Crippen LogP contribution in [0.5, 0.6) is 0 Å². The van der Waals surface area contributed by atoms with Crippen molar-refractivity contribution in [1.82, 2.24) is 4.90 Å². The molecule has 0 aromatic carbocycles. The molecule has 0 unspecified atom stereocenters. The number of rotatable bonds is 5. The number of amides is 1. The second-order valence-electron chi connectivity index (χ2n) is 4.32. The molecule has 92 valence electrons. The molecule has 0 aromatic rings. The highest BCUT2D eigenvalue weighted by Gasteiger charge is 2.36. The zero-order valence-electron chi connectivity index (χ0n) is 9.81. The molecule has 1 rings (SSSR count). The van der Waals surface area contributed by atoms with Gasteiger partial charge in [0, 0.05) is 33.2 Å². The summed E-state index contributed by atoms with van der Waals surface area (Å²) in [6.07, 6.45) is 1.13. The lowest BCUT2D eigenvalue weighted by Crippen LogP contribution is -2.29. The molecule has 1 amide bonds. The molecule has 1 fully saturated rings. The number of carboxylic acid groups (broad SMARTS) is 1. The lowest BCUT2D eigenvalue weighted by molar-refractivity contribution is -0.142. The molecule has 1 saturated heterocycles. The van der Waals surface area contributed by atoms with E-state index in [1.54, 1.807) is 12.0 Å². The van der Waals surface area contributed by atoms with E-state index in [1.165, 1.54) is 0 Å². The lowest BCUT2D eigenvalue weighted by Gasteiger charge is -2.15. The van der Waals surface area contributed by atoms with Crippen molar-refractivity contribution in [3.05, 3.63) is 0 Å². The molecule has 1 heterocycles. The van der Waals surface area contributed by atoms with Crippen LogP contribution in [0.1, 0.15) is 19.8 Å². The summed E-state index contributed by atoms with van der Waals surface area (Å²) in [5.41, 5.74) is 0. The number of hydrogen-bond acceptors (Lipinski definition) is 3. The van der Waals surface area contributed by atoms with Gasteiger partial charge in [0.2, 0.25) is 5.91 Å². The molecular weight excluding hydrogens is 210 g/mol. The maximum Gasteiger partial charge on any atom is 0.308 e. The Labute approximate surface area is 95.4 Å². The van der Waals surface area contributed by atoms with Crippen molar-refractivity contribution < 1.29 is 19.4 Å². The summed E-state index contributed by atoms with van der Waals surface area (Å²) >= 11 is 0. The van der Waals surface area contributed by atoms with Gasteiger partial charge in [-0.1, -0.05) is 6.92 Å². The Morgan fingerprint density at radius 2 is 2.12 bits per heavy atom. The molecule has 0 radical (unpaired) electrons. The van der Waals surface area contributed by atoms with Crippen LogP contribution in [-0.2, 0) is 14.3 Å². The first-order valence-corrected chi connectivity index (χ1v) is 5.55. The number of carbonyl (C=O) groups excluding carboxylic acids is 1. The van der Waals surface area contributed by atoms with Crippen molar-refractivity contribution in [3.8, 4) is 0 Å². The van der Waals surface area contributed by atoms with Gasteiger partial charge in [-0.15, -0.1) is 0 Å². The molecule has 0 saturated carbocycles. The normalized spacial score (nSPS) is 24.8. The van der Waals surface area contributed by atoms with Crippen molar-refractivity contribution in [2.45, 2.75) is 19.8 Å². The van der Waals surface area contributed by atoms with Crippen LogP contribution in [0.25, 0.3) is 0 Å². The number of hydrogen-bond donors (Lipinski definition) is 1. The zero-order chi connectivity index (χ0) is 12.1. The van der Waals surface area contributed by atoms with Crippen LogP contribution in [-0.4, -0.2) is 48.7 Å². The fourth-order valence-electron chi connectivity index (χ4n) is 2.02. The van der Waals surface area contributed by atoms with Crippen LogP contribution >= 0.6 is 0 Å². The fraction of sp³-hybridized carbons (Fsp3) is 0.818. The highest BCUT2D eigenvalue weighted by molar-refractivity contribution is 5.78. The van der Waals surface area contributed by atoms with Gasteiger partial charge in [0.05, 0.1) is 5.92 Å². The largest absolute Gasteiger partial charge is 0.481 e. The topological polar surface area (TPSA) is 66.8 Å². The summed E-state index contributed by atoms with van der Waals surface area (Å²) in [6.45, 7) is 3.35. The number of carboxylic acids is 1. The smallest absolute Gasteiger partial charge is 0.308 e. The van der Waals surface area contributed by atoms with Gasteiger partial charge < -0.3 is 14.7 Å². The summed E-state index contributed by atoms with van der Waals surface area (Å²) in [6, 6.07) is 0. The Hall–Kier alpha value is -1.10. The maximum atomic E-state index is 11.7. The van der Waals surface area contributed by atoms with E-state index in [4.69, 9.17) is 9.84 Å². The summed E-state index contributed by atoms with van der Waals surface area (Å²) in [5.74, 6) is -1.14. The minimum Gasteiger partial charge on any atom is -0.481 e. The third-order valence-electron chi connectivity index (χ3n) is 3.02. The summed E-state index contributed by atoms with van der Waals surface area (Å²) < 4.78 is 4.87. The lowest BCUT2D eigenvalue weighted by atomic mass is 9.99. The van der Waals surface area contributed by atoms with Gasteiger partial charge in [-0.25, -0.2) is 0 Å². The van der Waals surface area contributed by atoms with Gasteiger partial charge in [-0.3, -0.25) is 9.59 Å². The Kier molecular flexibility index (Phi) is 4.73. The molecule has 16 heavy (non-hydrogen) atoms. The van der Waals surface area contributed by atoms with Gasteiger partial charge in [-0.2, -0.15) is 0 Å². The van der Waals surface area contributed by atoms with E-state index in [1.807, 2.05) is 6.92 Å². The molecular formula is C11H19NO4. The van der Waals surface area contributed by atoms with Gasteiger partial charge >= 0.3 is 5.97 Å². The molecule has 5 nitrogen and oxygen atoms in total. The predicted octanol–water partition coefficient (Wildman–Crippen LogP) is 0.592. The number of carbonyl (C=O) groups is 2. The van der Waals surface area contributed by atoms with E-state index in [2.05, 4.69) is 0 Å². The summed E-state index contributed by atoms with van der Waals surface area (Å²) in [4.78, 5) is 24.2. The molecule has 1 aliphatic heterocycles. The van der Waals surface area contributed by atoms with Crippen molar-refractivity contribution in [2.75, 3.05) is 26.8 Å². The van der Waals surface area contributed by atoms with Gasteiger partial charge in [-0.05, 0) is 12.3 Å². The SMILES string of the molecule is COCCCC(=O)N1C[C@@H](C)[C@H](C(=O)O)C1. The molecule has 0 spiro atoms. The van der Waals surface area contributed by atoms with Gasteiger partial charge in [0.15, 0.2) is 0 Å². The highest BCUT2D eigenvalue weighted by atomic mass is 16.5. The first kappa shape index (κ1) is 13.0. The fourth-order valence-corrected chi connectivity index (χ4v) is 2.02. The Balaban J connectivity index is 2.39. The average molecular weight is 229 g/mol. The number of aliphatic carboxylic acids is 1. The molecule has 0 aliphatic carbocycles. The minimum absolute atomic E-state index is 0.0349. The van der Waals surface area contributed by atoms with Crippen LogP contribution in [0.15, 0.2) is 0 Å². The third-order valence-corrected chi connectivity index (χ3v) is 3.02. The molecule has 2 atom stereocenters. The first-order chi connectivity index (χ1) is 7.56. The Morgan fingerprint density at radius 3 is 2.62 bits per heavy atom. The maximum absolute atomic E-state index is 11.7. The van der Waals surface area contributed by atoms with Crippen LogP contribution in [0.3, 0.4) is 0 Å². The third kappa shape index (κ3) is 3.20. The van der Waals surface area contributed by atoms with Crippen molar-refractivity contribution in [3.63, 3.8) is 0 Å². The van der Waals surface area contributed by atoms with Crippen LogP contribution in [0.4, 0.5) is 0 Å². The van der Waals surface area contributed by atoms with Crippen molar-refractivity contribution in [1.29, 1.82) is 0 Å². The number of nitrogens with zero attached hydrogens (tertiary/aromatic N) is 1. The predicted molar refractivity (Wildman–Crippen MR) is 58.0 cm³/mol. The Morgan fingerprint density at radius 1 is 1.44 bits per heavy atom.